The van der Waals surface area contributed by atoms with Crippen molar-refractivity contribution >= 4 is 17.7 Å². The lowest BCUT2D eigenvalue weighted by molar-refractivity contribution is 0.404. The molecule has 2 aromatic heterocycles. The maximum Gasteiger partial charge on any atom is 0.165 e. The van der Waals surface area contributed by atoms with Crippen LogP contribution in [0.5, 0.6) is 11.5 Å². The van der Waals surface area contributed by atoms with Crippen molar-refractivity contribution in [2.24, 2.45) is 4.99 Å². The summed E-state index contributed by atoms with van der Waals surface area (Å²) >= 11 is 0. The fraction of sp³-hybridized carbons (Fsp3) is 0.0909. The molecule has 2 aromatic carbocycles. The summed E-state index contributed by atoms with van der Waals surface area (Å²) in [6.07, 6.45) is 3.79. The minimum Gasteiger partial charge on any atom is -0.497 e. The Labute approximate surface area is 157 Å². The van der Waals surface area contributed by atoms with Crippen LogP contribution in [0.1, 0.15) is 5.56 Å². The van der Waals surface area contributed by atoms with Gasteiger partial charge in [-0.15, -0.1) is 0 Å². The number of pyridine rings is 1. The molecule has 0 saturated carbocycles. The van der Waals surface area contributed by atoms with E-state index >= 15 is 0 Å². The van der Waals surface area contributed by atoms with Gasteiger partial charge in [-0.2, -0.15) is 0 Å². The van der Waals surface area contributed by atoms with Gasteiger partial charge in [0.2, 0.25) is 0 Å². The molecule has 0 aliphatic carbocycles. The molecular weight excluding hydrogens is 338 g/mol. The smallest absolute Gasteiger partial charge is 0.165 e. The molecule has 134 valence electrons. The number of benzene rings is 2. The van der Waals surface area contributed by atoms with Crippen molar-refractivity contribution in [2.45, 2.75) is 0 Å². The molecule has 0 saturated heterocycles. The van der Waals surface area contributed by atoms with Gasteiger partial charge in [-0.1, -0.05) is 36.4 Å². The van der Waals surface area contributed by atoms with Crippen LogP contribution in [0.3, 0.4) is 0 Å². The third kappa shape index (κ3) is 3.27. The lowest BCUT2D eigenvalue weighted by atomic mass is 10.1. The highest BCUT2D eigenvalue weighted by Crippen LogP contribution is 2.38. The Hall–Kier alpha value is -3.60. The Morgan fingerprint density at radius 1 is 0.926 bits per heavy atom. The largest absolute Gasteiger partial charge is 0.497 e. The van der Waals surface area contributed by atoms with Gasteiger partial charge in [-0.25, -0.2) is 9.98 Å². The zero-order valence-electron chi connectivity index (χ0n) is 15.2. The summed E-state index contributed by atoms with van der Waals surface area (Å²) in [6.45, 7) is 0. The molecule has 2 heterocycles. The van der Waals surface area contributed by atoms with Crippen LogP contribution in [0.15, 0.2) is 77.9 Å². The van der Waals surface area contributed by atoms with E-state index in [2.05, 4.69) is 0 Å². The molecule has 4 aromatic rings. The van der Waals surface area contributed by atoms with Crippen molar-refractivity contribution in [3.05, 3.63) is 78.5 Å². The number of nitrogens with zero attached hydrogens (tertiary/aromatic N) is 3. The van der Waals surface area contributed by atoms with E-state index in [4.69, 9.17) is 19.5 Å². The number of aromatic nitrogens is 2. The van der Waals surface area contributed by atoms with E-state index in [1.165, 1.54) is 0 Å². The molecule has 5 heteroatoms. The quantitative estimate of drug-likeness (QED) is 0.484. The minimum absolute atomic E-state index is 0.718. The van der Waals surface area contributed by atoms with Crippen LogP contribution in [0.25, 0.3) is 16.9 Å². The van der Waals surface area contributed by atoms with Crippen molar-refractivity contribution in [1.29, 1.82) is 0 Å². The van der Waals surface area contributed by atoms with Gasteiger partial charge in [0.25, 0.3) is 0 Å². The normalized spacial score (nSPS) is 11.2. The van der Waals surface area contributed by atoms with E-state index in [9.17, 15) is 0 Å². The Balaban J connectivity index is 1.92. The van der Waals surface area contributed by atoms with Crippen LogP contribution < -0.4 is 9.47 Å². The van der Waals surface area contributed by atoms with Crippen LogP contribution in [0.2, 0.25) is 0 Å². The molecule has 0 aliphatic rings. The number of hydrogen-bond donors (Lipinski definition) is 0. The van der Waals surface area contributed by atoms with Crippen LogP contribution in [-0.2, 0) is 0 Å². The van der Waals surface area contributed by atoms with Gasteiger partial charge in [0.05, 0.1) is 14.2 Å². The van der Waals surface area contributed by atoms with Crippen LogP contribution >= 0.6 is 0 Å². The summed E-state index contributed by atoms with van der Waals surface area (Å²) in [5.74, 6) is 2.19. The number of aliphatic imine (C=N–C) groups is 1. The van der Waals surface area contributed by atoms with E-state index < -0.39 is 0 Å². The number of imidazole rings is 1. The van der Waals surface area contributed by atoms with Crippen LogP contribution in [-0.4, -0.2) is 29.8 Å². The minimum atomic E-state index is 0.718. The van der Waals surface area contributed by atoms with Crippen LogP contribution in [0.4, 0.5) is 5.82 Å². The molecule has 0 amide bonds. The first-order valence-corrected chi connectivity index (χ1v) is 8.59. The first-order valence-electron chi connectivity index (χ1n) is 8.59. The summed E-state index contributed by atoms with van der Waals surface area (Å²) < 4.78 is 12.9. The second-order valence-electron chi connectivity index (χ2n) is 5.95. The van der Waals surface area contributed by atoms with Gasteiger partial charge in [-0.3, -0.25) is 4.40 Å². The van der Waals surface area contributed by atoms with Crippen molar-refractivity contribution in [3.63, 3.8) is 0 Å². The van der Waals surface area contributed by atoms with Crippen molar-refractivity contribution < 1.29 is 9.47 Å². The third-order valence-corrected chi connectivity index (χ3v) is 4.30. The van der Waals surface area contributed by atoms with E-state index in [1.807, 2.05) is 83.5 Å². The standard InChI is InChI=1S/C22H19N3O2/c1-26-17-11-12-19(27-2)18(14-17)21-22(23-15-16-8-4-3-5-9-16)25-13-7-6-10-20(25)24-21/h3-15H,1-2H3/b23-15+. The van der Waals surface area contributed by atoms with Crippen molar-refractivity contribution in [1.82, 2.24) is 9.38 Å². The first-order chi connectivity index (χ1) is 13.3. The fourth-order valence-corrected chi connectivity index (χ4v) is 2.96. The highest BCUT2D eigenvalue weighted by atomic mass is 16.5. The second-order valence-corrected chi connectivity index (χ2v) is 5.95. The van der Waals surface area contributed by atoms with Gasteiger partial charge in [0.1, 0.15) is 22.8 Å². The molecule has 0 spiro atoms. The topological polar surface area (TPSA) is 48.1 Å². The SMILES string of the molecule is COc1ccc(OC)c(-c2nc3ccccn3c2/N=C/c2ccccc2)c1. The molecule has 0 fully saturated rings. The van der Waals surface area contributed by atoms with Crippen molar-refractivity contribution in [2.75, 3.05) is 14.2 Å². The highest BCUT2D eigenvalue weighted by Gasteiger charge is 2.17. The van der Waals surface area contributed by atoms with Gasteiger partial charge in [0.15, 0.2) is 5.82 Å². The molecule has 0 aliphatic heterocycles. The van der Waals surface area contributed by atoms with E-state index in [1.54, 1.807) is 14.2 Å². The van der Waals surface area contributed by atoms with E-state index in [-0.39, 0.29) is 0 Å². The third-order valence-electron chi connectivity index (χ3n) is 4.30. The molecule has 4 rings (SSSR count). The maximum absolute atomic E-state index is 5.56. The zero-order valence-corrected chi connectivity index (χ0v) is 15.2. The maximum atomic E-state index is 5.56. The molecule has 0 bridgehead atoms. The van der Waals surface area contributed by atoms with Crippen molar-refractivity contribution in [3.8, 4) is 22.8 Å². The van der Waals surface area contributed by atoms with Gasteiger partial charge in [-0.05, 0) is 35.9 Å². The molecular formula is C22H19N3O2. The number of rotatable bonds is 5. The lowest BCUT2D eigenvalue weighted by Crippen LogP contribution is -1.91. The molecule has 0 unspecified atom stereocenters. The zero-order chi connectivity index (χ0) is 18.6. The average molecular weight is 357 g/mol. The molecule has 5 nitrogen and oxygen atoms in total. The van der Waals surface area contributed by atoms with Gasteiger partial charge < -0.3 is 9.47 Å². The monoisotopic (exact) mass is 357 g/mol. The Bertz CT molecular complexity index is 1100. The molecule has 0 atom stereocenters. The number of hydrogen-bond acceptors (Lipinski definition) is 4. The molecule has 27 heavy (non-hydrogen) atoms. The summed E-state index contributed by atoms with van der Waals surface area (Å²) in [7, 11) is 3.29. The Morgan fingerprint density at radius 3 is 2.52 bits per heavy atom. The number of fused-ring (bicyclic) bond motifs is 1. The number of ether oxygens (including phenoxy) is 2. The first kappa shape index (κ1) is 16.8. The predicted molar refractivity (Wildman–Crippen MR) is 107 cm³/mol. The summed E-state index contributed by atoms with van der Waals surface area (Å²) in [6, 6.07) is 21.5. The molecule has 0 radical (unpaired) electrons. The fourth-order valence-electron chi connectivity index (χ4n) is 2.96. The summed E-state index contributed by atoms with van der Waals surface area (Å²) in [5, 5.41) is 0. The summed E-state index contributed by atoms with van der Waals surface area (Å²) in [4.78, 5) is 9.54. The Kier molecular flexibility index (Phi) is 4.58. The summed E-state index contributed by atoms with van der Waals surface area (Å²) in [5.41, 5.74) is 3.41. The average Bonchev–Trinajstić information content (AvgIpc) is 3.11. The second kappa shape index (κ2) is 7.33. The molecule has 0 N–H and O–H groups in total. The Morgan fingerprint density at radius 2 is 1.74 bits per heavy atom. The van der Waals surface area contributed by atoms with E-state index in [0.29, 0.717) is 0 Å². The predicted octanol–water partition coefficient (Wildman–Crippen LogP) is 4.77. The highest BCUT2D eigenvalue weighted by molar-refractivity contribution is 5.86. The number of methoxy groups -OCH3 is 2. The van der Waals surface area contributed by atoms with Gasteiger partial charge >= 0.3 is 0 Å². The van der Waals surface area contributed by atoms with Crippen LogP contribution in [0, 0.1) is 0 Å². The lowest BCUT2D eigenvalue weighted by Gasteiger charge is -2.09. The van der Waals surface area contributed by atoms with Gasteiger partial charge in [0, 0.05) is 18.0 Å². The van der Waals surface area contributed by atoms with E-state index in [0.717, 1.165) is 39.8 Å².